The summed E-state index contributed by atoms with van der Waals surface area (Å²) in [4.78, 5) is 0. The highest BCUT2D eigenvalue weighted by molar-refractivity contribution is 5.30. The Bertz CT molecular complexity index is 437. The number of nitrogens with one attached hydrogen (secondary N) is 1. The fourth-order valence-electron chi connectivity index (χ4n) is 2.23. The Morgan fingerprint density at radius 1 is 1.30 bits per heavy atom. The summed E-state index contributed by atoms with van der Waals surface area (Å²) < 4.78 is 48.8. The van der Waals surface area contributed by atoms with Crippen LogP contribution in [0, 0.1) is 0 Å². The second-order valence-corrected chi connectivity index (χ2v) is 4.85. The van der Waals surface area contributed by atoms with Crippen LogP contribution in [0.2, 0.25) is 0 Å². The lowest BCUT2D eigenvalue weighted by molar-refractivity contribution is -0.137. The van der Waals surface area contributed by atoms with Gasteiger partial charge in [-0.3, -0.25) is 0 Å². The molecule has 2 unspecified atom stereocenters. The van der Waals surface area contributed by atoms with Crippen molar-refractivity contribution in [2.45, 2.75) is 31.2 Å². The standard InChI is InChI=1S/C14H18F3NO2/c1-18-8-12-5-6-13(20-12)9-19-11-4-2-3-10(7-11)14(15,16)17/h2-4,7,12-13,18H,5-6,8-9H2,1H3. The third-order valence-electron chi connectivity index (χ3n) is 3.22. The van der Waals surface area contributed by atoms with Gasteiger partial charge in [-0.05, 0) is 38.1 Å². The van der Waals surface area contributed by atoms with E-state index in [1.54, 1.807) is 0 Å². The molecule has 6 heteroatoms. The zero-order chi connectivity index (χ0) is 14.6. The molecule has 1 saturated heterocycles. The summed E-state index contributed by atoms with van der Waals surface area (Å²) in [5, 5.41) is 3.04. The van der Waals surface area contributed by atoms with Crippen LogP contribution < -0.4 is 10.1 Å². The van der Waals surface area contributed by atoms with Gasteiger partial charge in [0.05, 0.1) is 17.8 Å². The van der Waals surface area contributed by atoms with E-state index in [2.05, 4.69) is 5.32 Å². The maximum Gasteiger partial charge on any atom is 0.416 e. The molecule has 1 fully saturated rings. The van der Waals surface area contributed by atoms with Gasteiger partial charge in [0.25, 0.3) is 0 Å². The molecule has 0 radical (unpaired) electrons. The number of likely N-dealkylation sites (N-methyl/N-ethyl adjacent to an activating group) is 1. The number of hydrogen-bond donors (Lipinski definition) is 1. The fourth-order valence-corrected chi connectivity index (χ4v) is 2.23. The van der Waals surface area contributed by atoms with Crippen LogP contribution in [0.5, 0.6) is 5.75 Å². The SMILES string of the molecule is CNCC1CCC(COc2cccc(C(F)(F)F)c2)O1. The van der Waals surface area contributed by atoms with E-state index in [4.69, 9.17) is 9.47 Å². The number of benzene rings is 1. The van der Waals surface area contributed by atoms with E-state index in [1.165, 1.54) is 12.1 Å². The quantitative estimate of drug-likeness (QED) is 0.904. The summed E-state index contributed by atoms with van der Waals surface area (Å²) in [5.41, 5.74) is -0.699. The Hall–Kier alpha value is -1.27. The van der Waals surface area contributed by atoms with Crippen LogP contribution in [-0.4, -0.2) is 32.4 Å². The Labute approximate surface area is 116 Å². The van der Waals surface area contributed by atoms with Gasteiger partial charge in [-0.2, -0.15) is 13.2 Å². The first kappa shape index (κ1) is 15.1. The molecule has 1 heterocycles. The number of hydrogen-bond acceptors (Lipinski definition) is 3. The van der Waals surface area contributed by atoms with Crippen LogP contribution in [-0.2, 0) is 10.9 Å². The van der Waals surface area contributed by atoms with Gasteiger partial charge in [-0.15, -0.1) is 0 Å². The van der Waals surface area contributed by atoms with Crippen molar-refractivity contribution < 1.29 is 22.6 Å². The van der Waals surface area contributed by atoms with Crippen LogP contribution in [0.25, 0.3) is 0 Å². The zero-order valence-corrected chi connectivity index (χ0v) is 11.2. The molecule has 0 amide bonds. The lowest BCUT2D eigenvalue weighted by Gasteiger charge is -2.15. The Morgan fingerprint density at radius 3 is 2.75 bits per heavy atom. The first-order valence-corrected chi connectivity index (χ1v) is 6.59. The normalized spacial score (nSPS) is 23.0. The lowest BCUT2D eigenvalue weighted by atomic mass is 10.2. The average molecular weight is 289 g/mol. The molecule has 0 aliphatic carbocycles. The molecule has 0 bridgehead atoms. The van der Waals surface area contributed by atoms with Gasteiger partial charge < -0.3 is 14.8 Å². The van der Waals surface area contributed by atoms with Crippen molar-refractivity contribution in [2.75, 3.05) is 20.2 Å². The number of alkyl halides is 3. The van der Waals surface area contributed by atoms with E-state index in [0.29, 0.717) is 0 Å². The Balaban J connectivity index is 1.86. The summed E-state index contributed by atoms with van der Waals surface area (Å²) in [6.07, 6.45) is -2.43. The fraction of sp³-hybridized carbons (Fsp3) is 0.571. The largest absolute Gasteiger partial charge is 0.491 e. The smallest absolute Gasteiger partial charge is 0.416 e. The lowest BCUT2D eigenvalue weighted by Crippen LogP contribution is -2.25. The summed E-state index contributed by atoms with van der Waals surface area (Å²) in [5.74, 6) is 0.223. The highest BCUT2D eigenvalue weighted by Crippen LogP contribution is 2.31. The van der Waals surface area contributed by atoms with E-state index >= 15 is 0 Å². The van der Waals surface area contributed by atoms with Crippen molar-refractivity contribution >= 4 is 0 Å². The molecule has 3 nitrogen and oxygen atoms in total. The minimum atomic E-state index is -4.35. The van der Waals surface area contributed by atoms with Gasteiger partial charge in [0, 0.05) is 6.54 Å². The molecule has 1 aromatic rings. The molecule has 2 rings (SSSR count). The second kappa shape index (κ2) is 6.45. The van der Waals surface area contributed by atoms with Crippen molar-refractivity contribution in [3.63, 3.8) is 0 Å². The van der Waals surface area contributed by atoms with E-state index < -0.39 is 11.7 Å². The molecular weight excluding hydrogens is 271 g/mol. The third-order valence-corrected chi connectivity index (χ3v) is 3.22. The molecule has 112 valence electrons. The monoisotopic (exact) mass is 289 g/mol. The van der Waals surface area contributed by atoms with E-state index in [9.17, 15) is 13.2 Å². The number of rotatable bonds is 5. The van der Waals surface area contributed by atoms with Gasteiger partial charge >= 0.3 is 6.18 Å². The van der Waals surface area contributed by atoms with Gasteiger partial charge in [-0.25, -0.2) is 0 Å². The molecular formula is C14H18F3NO2. The predicted molar refractivity (Wildman–Crippen MR) is 68.8 cm³/mol. The van der Waals surface area contributed by atoms with Crippen molar-refractivity contribution in [1.29, 1.82) is 0 Å². The summed E-state index contributed by atoms with van der Waals surface area (Å²) in [6.45, 7) is 1.06. The first-order chi connectivity index (χ1) is 9.49. The second-order valence-electron chi connectivity index (χ2n) is 4.85. The van der Waals surface area contributed by atoms with Crippen LogP contribution >= 0.6 is 0 Å². The molecule has 1 aliphatic rings. The molecule has 0 spiro atoms. The summed E-state index contributed by atoms with van der Waals surface area (Å²) in [6, 6.07) is 4.91. The summed E-state index contributed by atoms with van der Waals surface area (Å²) >= 11 is 0. The van der Waals surface area contributed by atoms with Crippen molar-refractivity contribution in [2.24, 2.45) is 0 Å². The highest BCUT2D eigenvalue weighted by Gasteiger charge is 2.31. The zero-order valence-electron chi connectivity index (χ0n) is 11.2. The van der Waals surface area contributed by atoms with Crippen LogP contribution in [0.3, 0.4) is 0 Å². The topological polar surface area (TPSA) is 30.5 Å². The van der Waals surface area contributed by atoms with Crippen molar-refractivity contribution in [3.05, 3.63) is 29.8 Å². The van der Waals surface area contributed by atoms with Gasteiger partial charge in [0.1, 0.15) is 12.4 Å². The molecule has 2 atom stereocenters. The molecule has 20 heavy (non-hydrogen) atoms. The number of ether oxygens (including phenoxy) is 2. The van der Waals surface area contributed by atoms with E-state index in [0.717, 1.165) is 31.5 Å². The Kier molecular flexibility index (Phi) is 4.88. The highest BCUT2D eigenvalue weighted by atomic mass is 19.4. The van der Waals surface area contributed by atoms with Crippen LogP contribution in [0.1, 0.15) is 18.4 Å². The minimum Gasteiger partial charge on any atom is -0.491 e. The maximum absolute atomic E-state index is 12.6. The first-order valence-electron chi connectivity index (χ1n) is 6.59. The van der Waals surface area contributed by atoms with Crippen LogP contribution in [0.4, 0.5) is 13.2 Å². The van der Waals surface area contributed by atoms with E-state index in [1.807, 2.05) is 7.05 Å². The number of halogens is 3. The molecule has 1 N–H and O–H groups in total. The van der Waals surface area contributed by atoms with Gasteiger partial charge in [-0.1, -0.05) is 6.07 Å². The predicted octanol–water partition coefficient (Wildman–Crippen LogP) is 2.85. The molecule has 0 aromatic heterocycles. The summed E-state index contributed by atoms with van der Waals surface area (Å²) in [7, 11) is 1.86. The van der Waals surface area contributed by atoms with E-state index in [-0.39, 0.29) is 24.6 Å². The third kappa shape index (κ3) is 4.11. The van der Waals surface area contributed by atoms with Crippen molar-refractivity contribution in [3.8, 4) is 5.75 Å². The minimum absolute atomic E-state index is 0.0529. The Morgan fingerprint density at radius 2 is 2.05 bits per heavy atom. The average Bonchev–Trinajstić information content (AvgIpc) is 2.84. The van der Waals surface area contributed by atoms with Gasteiger partial charge in [0.2, 0.25) is 0 Å². The molecule has 0 saturated carbocycles. The molecule has 1 aromatic carbocycles. The maximum atomic E-state index is 12.6. The van der Waals surface area contributed by atoms with Gasteiger partial charge in [0.15, 0.2) is 0 Å². The molecule has 1 aliphatic heterocycles. The van der Waals surface area contributed by atoms with Crippen molar-refractivity contribution in [1.82, 2.24) is 5.32 Å². The van der Waals surface area contributed by atoms with Crippen LogP contribution in [0.15, 0.2) is 24.3 Å².